The van der Waals surface area contributed by atoms with Gasteiger partial charge in [0, 0.05) is 18.8 Å². The molecule has 1 fully saturated rings. The van der Waals surface area contributed by atoms with Gasteiger partial charge in [0.05, 0.1) is 0 Å². The maximum absolute atomic E-state index is 2.72. The van der Waals surface area contributed by atoms with Gasteiger partial charge in [-0.3, -0.25) is 0 Å². The van der Waals surface area contributed by atoms with Gasteiger partial charge in [-0.05, 0) is 38.5 Å². The van der Waals surface area contributed by atoms with Gasteiger partial charge in [-0.25, -0.2) is 0 Å². The van der Waals surface area contributed by atoms with E-state index in [1.165, 1.54) is 103 Å². The smallest absolute Gasteiger partial charge is 0.0174 e. The van der Waals surface area contributed by atoms with Crippen molar-refractivity contribution in [3.05, 3.63) is 11.8 Å². The van der Waals surface area contributed by atoms with Gasteiger partial charge in [0.1, 0.15) is 0 Å². The highest BCUT2D eigenvalue weighted by atomic mass is 15.1. The monoisotopic (exact) mass is 263 g/mol. The third-order valence-electron chi connectivity index (χ3n) is 4.78. The SMILES string of the molecule is C1=C(N2CCCCCC2)CCCCCCCCCC1. The van der Waals surface area contributed by atoms with Crippen LogP contribution < -0.4 is 0 Å². The van der Waals surface area contributed by atoms with E-state index in [-0.39, 0.29) is 0 Å². The zero-order chi connectivity index (χ0) is 13.2. The molecule has 0 aromatic carbocycles. The molecule has 19 heavy (non-hydrogen) atoms. The molecule has 2 aliphatic rings. The van der Waals surface area contributed by atoms with E-state index in [0.29, 0.717) is 0 Å². The van der Waals surface area contributed by atoms with E-state index in [0.717, 1.165) is 0 Å². The van der Waals surface area contributed by atoms with E-state index >= 15 is 0 Å². The molecule has 0 spiro atoms. The lowest BCUT2D eigenvalue weighted by Gasteiger charge is -2.26. The van der Waals surface area contributed by atoms with Crippen LogP contribution >= 0.6 is 0 Å². The number of rotatable bonds is 1. The molecule has 1 nitrogen and oxygen atoms in total. The summed E-state index contributed by atoms with van der Waals surface area (Å²) in [6, 6.07) is 0. The molecule has 2 rings (SSSR count). The summed E-state index contributed by atoms with van der Waals surface area (Å²) in [6.45, 7) is 2.65. The zero-order valence-electron chi connectivity index (χ0n) is 12.8. The van der Waals surface area contributed by atoms with E-state index in [9.17, 15) is 0 Å². The predicted molar refractivity (Wildman–Crippen MR) is 84.3 cm³/mol. The molecular formula is C18H33N. The minimum Gasteiger partial charge on any atom is -0.375 e. The highest BCUT2D eigenvalue weighted by molar-refractivity contribution is 5.02. The van der Waals surface area contributed by atoms with Crippen LogP contribution in [0.5, 0.6) is 0 Å². The molecule has 0 aromatic rings. The van der Waals surface area contributed by atoms with E-state index in [4.69, 9.17) is 0 Å². The molecule has 1 saturated heterocycles. The van der Waals surface area contributed by atoms with Crippen LogP contribution in [0.3, 0.4) is 0 Å². The van der Waals surface area contributed by atoms with Crippen molar-refractivity contribution < 1.29 is 0 Å². The summed E-state index contributed by atoms with van der Waals surface area (Å²) in [5.74, 6) is 0. The van der Waals surface area contributed by atoms with Crippen LogP contribution in [0.1, 0.15) is 89.9 Å². The lowest BCUT2D eigenvalue weighted by Crippen LogP contribution is -2.24. The van der Waals surface area contributed by atoms with E-state index in [2.05, 4.69) is 11.0 Å². The Bertz CT molecular complexity index is 248. The van der Waals surface area contributed by atoms with Crippen molar-refractivity contribution in [1.29, 1.82) is 0 Å². The van der Waals surface area contributed by atoms with Crippen LogP contribution in [0.2, 0.25) is 0 Å². The fourth-order valence-electron chi connectivity index (χ4n) is 3.53. The standard InChI is InChI=1S/C18H33N/c1-2-4-6-10-14-18(15-11-7-5-3-1)19-16-12-8-9-13-17-19/h14H,1-13,15-17H2. The second-order valence-corrected chi connectivity index (χ2v) is 6.46. The molecule has 0 bridgehead atoms. The van der Waals surface area contributed by atoms with Crippen LogP contribution in [0.4, 0.5) is 0 Å². The van der Waals surface area contributed by atoms with Gasteiger partial charge in [-0.1, -0.05) is 57.4 Å². The Labute approximate surface area is 120 Å². The fourth-order valence-corrected chi connectivity index (χ4v) is 3.53. The molecule has 0 atom stereocenters. The lowest BCUT2D eigenvalue weighted by molar-refractivity contribution is 0.339. The topological polar surface area (TPSA) is 3.24 Å². The van der Waals surface area contributed by atoms with Crippen LogP contribution in [0, 0.1) is 0 Å². The highest BCUT2D eigenvalue weighted by Gasteiger charge is 2.12. The second kappa shape index (κ2) is 9.44. The molecule has 110 valence electrons. The van der Waals surface area contributed by atoms with Crippen molar-refractivity contribution in [2.75, 3.05) is 13.1 Å². The number of hydrogen-bond acceptors (Lipinski definition) is 1. The highest BCUT2D eigenvalue weighted by Crippen LogP contribution is 2.22. The van der Waals surface area contributed by atoms with Crippen molar-refractivity contribution in [1.82, 2.24) is 4.90 Å². The number of nitrogens with zero attached hydrogens (tertiary/aromatic N) is 1. The molecule has 0 amide bonds. The third kappa shape index (κ3) is 6.01. The van der Waals surface area contributed by atoms with Crippen molar-refractivity contribution in [3.8, 4) is 0 Å². The molecule has 1 heteroatoms. The van der Waals surface area contributed by atoms with Gasteiger partial charge in [0.15, 0.2) is 0 Å². The molecule has 1 heterocycles. The normalized spacial score (nSPS) is 24.8. The van der Waals surface area contributed by atoms with Crippen molar-refractivity contribution in [3.63, 3.8) is 0 Å². The quantitative estimate of drug-likeness (QED) is 0.590. The van der Waals surface area contributed by atoms with Gasteiger partial charge < -0.3 is 4.90 Å². The zero-order valence-corrected chi connectivity index (χ0v) is 12.8. The Hall–Kier alpha value is -0.460. The summed E-state index contributed by atoms with van der Waals surface area (Å²) >= 11 is 0. The van der Waals surface area contributed by atoms with Crippen LogP contribution in [0.25, 0.3) is 0 Å². The lowest BCUT2D eigenvalue weighted by atomic mass is 10.0. The van der Waals surface area contributed by atoms with Crippen LogP contribution in [-0.2, 0) is 0 Å². The maximum Gasteiger partial charge on any atom is 0.0174 e. The predicted octanol–water partition coefficient (Wildman–Crippen LogP) is 5.66. The fraction of sp³-hybridized carbons (Fsp3) is 0.889. The van der Waals surface area contributed by atoms with Gasteiger partial charge in [0.2, 0.25) is 0 Å². The Morgan fingerprint density at radius 3 is 1.79 bits per heavy atom. The molecule has 0 unspecified atom stereocenters. The molecule has 1 aliphatic heterocycles. The molecule has 1 aliphatic carbocycles. The number of hydrogen-bond donors (Lipinski definition) is 0. The molecule has 0 radical (unpaired) electrons. The van der Waals surface area contributed by atoms with Gasteiger partial charge >= 0.3 is 0 Å². The third-order valence-corrected chi connectivity index (χ3v) is 4.78. The first-order valence-electron chi connectivity index (χ1n) is 8.91. The molecule has 0 N–H and O–H groups in total. The summed E-state index contributed by atoms with van der Waals surface area (Å²) in [4.78, 5) is 2.72. The summed E-state index contributed by atoms with van der Waals surface area (Å²) in [6.07, 6.45) is 22.6. The maximum atomic E-state index is 2.72. The first-order valence-corrected chi connectivity index (χ1v) is 8.91. The number of likely N-dealkylation sites (tertiary alicyclic amines) is 1. The van der Waals surface area contributed by atoms with Crippen molar-refractivity contribution >= 4 is 0 Å². The van der Waals surface area contributed by atoms with Gasteiger partial charge in [0.25, 0.3) is 0 Å². The summed E-state index contributed by atoms with van der Waals surface area (Å²) in [5.41, 5.74) is 1.70. The average Bonchev–Trinajstić information content (AvgIpc) is 2.68. The van der Waals surface area contributed by atoms with Gasteiger partial charge in [-0.15, -0.1) is 0 Å². The minimum absolute atomic E-state index is 1.33. The molecule has 0 aromatic heterocycles. The largest absolute Gasteiger partial charge is 0.375 e. The van der Waals surface area contributed by atoms with E-state index < -0.39 is 0 Å². The summed E-state index contributed by atoms with van der Waals surface area (Å²) in [5, 5.41) is 0. The van der Waals surface area contributed by atoms with E-state index in [1.54, 1.807) is 5.70 Å². The first kappa shape index (κ1) is 14.9. The van der Waals surface area contributed by atoms with Crippen molar-refractivity contribution in [2.24, 2.45) is 0 Å². The first-order chi connectivity index (χ1) is 9.47. The van der Waals surface area contributed by atoms with Crippen molar-refractivity contribution in [2.45, 2.75) is 89.9 Å². The minimum atomic E-state index is 1.33. The average molecular weight is 263 g/mol. The Balaban J connectivity index is 1.88. The van der Waals surface area contributed by atoms with Gasteiger partial charge in [-0.2, -0.15) is 0 Å². The Morgan fingerprint density at radius 1 is 0.579 bits per heavy atom. The van der Waals surface area contributed by atoms with Crippen LogP contribution in [0.15, 0.2) is 11.8 Å². The number of allylic oxidation sites excluding steroid dienone is 2. The van der Waals surface area contributed by atoms with Crippen LogP contribution in [-0.4, -0.2) is 18.0 Å². The molecule has 0 saturated carbocycles. The van der Waals surface area contributed by atoms with E-state index in [1.807, 2.05) is 0 Å². The molecular weight excluding hydrogens is 230 g/mol. The Morgan fingerprint density at radius 2 is 1.11 bits per heavy atom. The summed E-state index contributed by atoms with van der Waals surface area (Å²) in [7, 11) is 0. The second-order valence-electron chi connectivity index (χ2n) is 6.46. The Kier molecular flexibility index (Phi) is 7.43. The summed E-state index contributed by atoms with van der Waals surface area (Å²) < 4.78 is 0.